The Morgan fingerprint density at radius 3 is 2.34 bits per heavy atom. The van der Waals surface area contributed by atoms with Gasteiger partial charge < -0.3 is 9.84 Å². The minimum Gasteiger partial charge on any atom is -0.490 e. The van der Waals surface area contributed by atoms with Gasteiger partial charge in [-0.05, 0) is 68.2 Å². The van der Waals surface area contributed by atoms with E-state index in [1.54, 1.807) is 0 Å². The van der Waals surface area contributed by atoms with E-state index < -0.39 is 29.3 Å². The molecule has 2 aliphatic carbocycles. The lowest BCUT2D eigenvalue weighted by molar-refractivity contribution is -0.138. The lowest BCUT2D eigenvalue weighted by Crippen LogP contribution is -2.35. The van der Waals surface area contributed by atoms with Crippen LogP contribution in [0.1, 0.15) is 55.5 Å². The van der Waals surface area contributed by atoms with Crippen molar-refractivity contribution >= 4 is 5.65 Å². The van der Waals surface area contributed by atoms with E-state index in [-0.39, 0.29) is 11.4 Å². The van der Waals surface area contributed by atoms with Gasteiger partial charge in [-0.25, -0.2) is 4.39 Å². The molecular weight excluding hydrogens is 426 g/mol. The molecule has 0 amide bonds. The third kappa shape index (κ3) is 4.05. The summed E-state index contributed by atoms with van der Waals surface area (Å²) in [6, 6.07) is 6.98. The Bertz CT molecular complexity index is 1110. The zero-order valence-electron chi connectivity index (χ0n) is 17.3. The van der Waals surface area contributed by atoms with Gasteiger partial charge in [-0.1, -0.05) is 12.1 Å². The third-order valence-electron chi connectivity index (χ3n) is 6.50. The number of pyridine rings is 1. The van der Waals surface area contributed by atoms with Gasteiger partial charge in [-0.15, -0.1) is 10.2 Å². The van der Waals surface area contributed by atoms with E-state index in [9.17, 15) is 22.7 Å². The van der Waals surface area contributed by atoms with Crippen molar-refractivity contribution in [1.82, 2.24) is 14.6 Å². The molecule has 0 atom stereocenters. The van der Waals surface area contributed by atoms with E-state index in [2.05, 4.69) is 10.2 Å². The Morgan fingerprint density at radius 1 is 1.03 bits per heavy atom. The Morgan fingerprint density at radius 2 is 1.72 bits per heavy atom. The summed E-state index contributed by atoms with van der Waals surface area (Å²) >= 11 is 0. The zero-order valence-corrected chi connectivity index (χ0v) is 17.3. The smallest absolute Gasteiger partial charge is 0.423 e. The van der Waals surface area contributed by atoms with E-state index in [1.165, 1.54) is 40.9 Å². The Labute approximate surface area is 182 Å². The van der Waals surface area contributed by atoms with Crippen LogP contribution in [-0.2, 0) is 18.2 Å². The van der Waals surface area contributed by atoms with Gasteiger partial charge in [0.15, 0.2) is 5.65 Å². The van der Waals surface area contributed by atoms with Crippen molar-refractivity contribution in [1.29, 1.82) is 0 Å². The molecule has 5 rings (SSSR count). The molecule has 2 fully saturated rings. The van der Waals surface area contributed by atoms with Crippen LogP contribution in [0, 0.1) is 11.7 Å². The lowest BCUT2D eigenvalue weighted by Gasteiger charge is -2.36. The highest BCUT2D eigenvalue weighted by Crippen LogP contribution is 2.43. The quantitative estimate of drug-likeness (QED) is 0.554. The molecular formula is C23H23F4N3O2. The second-order valence-corrected chi connectivity index (χ2v) is 8.87. The first-order chi connectivity index (χ1) is 15.2. The van der Waals surface area contributed by atoms with Crippen LogP contribution in [0.15, 0.2) is 36.5 Å². The summed E-state index contributed by atoms with van der Waals surface area (Å²) < 4.78 is 62.3. The number of benzene rings is 1. The predicted molar refractivity (Wildman–Crippen MR) is 108 cm³/mol. The molecule has 1 aromatic carbocycles. The number of hydrogen-bond acceptors (Lipinski definition) is 4. The number of halogens is 4. The first kappa shape index (κ1) is 21.2. The Hall–Kier alpha value is -2.68. The maximum atomic E-state index is 14.0. The summed E-state index contributed by atoms with van der Waals surface area (Å²) in [4.78, 5) is 0. The van der Waals surface area contributed by atoms with Crippen molar-refractivity contribution < 1.29 is 27.4 Å². The molecule has 0 spiro atoms. The SMILES string of the molecule is O[C@]1(c2ccc(F)cc2)CC[C@H](Oc2ccn3c(CC4CC4)nnc3c2C(F)(F)F)CC1. The maximum absolute atomic E-state index is 14.0. The fraction of sp³-hybridized carbons (Fsp3) is 0.478. The molecule has 170 valence electrons. The molecule has 2 aliphatic rings. The molecule has 0 saturated heterocycles. The molecule has 2 heterocycles. The summed E-state index contributed by atoms with van der Waals surface area (Å²) in [7, 11) is 0. The second-order valence-electron chi connectivity index (χ2n) is 8.87. The molecule has 0 bridgehead atoms. The fourth-order valence-electron chi connectivity index (χ4n) is 4.49. The van der Waals surface area contributed by atoms with Crippen LogP contribution in [0.5, 0.6) is 5.75 Å². The number of nitrogens with zero attached hydrogens (tertiary/aromatic N) is 3. The van der Waals surface area contributed by atoms with Crippen LogP contribution in [0.25, 0.3) is 5.65 Å². The van der Waals surface area contributed by atoms with Gasteiger partial charge in [-0.3, -0.25) is 4.40 Å². The number of aliphatic hydroxyl groups is 1. The van der Waals surface area contributed by atoms with Gasteiger partial charge in [0.2, 0.25) is 0 Å². The Balaban J connectivity index is 1.36. The summed E-state index contributed by atoms with van der Waals surface area (Å²) in [6.07, 6.45) is 0.512. The molecule has 0 radical (unpaired) electrons. The number of hydrogen-bond donors (Lipinski definition) is 1. The van der Waals surface area contributed by atoms with Gasteiger partial charge in [0.1, 0.15) is 23.0 Å². The molecule has 5 nitrogen and oxygen atoms in total. The molecule has 9 heteroatoms. The molecule has 2 aromatic heterocycles. The van der Waals surface area contributed by atoms with Gasteiger partial charge in [0.25, 0.3) is 0 Å². The predicted octanol–water partition coefficient (Wildman–Crippen LogP) is 5.05. The van der Waals surface area contributed by atoms with Crippen molar-refractivity contribution in [3.8, 4) is 5.75 Å². The average Bonchev–Trinajstić information content (AvgIpc) is 3.48. The minimum absolute atomic E-state index is 0.246. The van der Waals surface area contributed by atoms with E-state index >= 15 is 0 Å². The van der Waals surface area contributed by atoms with Crippen molar-refractivity contribution in [2.75, 3.05) is 0 Å². The summed E-state index contributed by atoms with van der Waals surface area (Å²) in [5.74, 6) is 0.335. The number of ether oxygens (including phenoxy) is 1. The standard InChI is InChI=1S/C23H23F4N3O2/c24-16-5-3-15(4-6-16)22(31)10-7-17(8-11-22)32-18-9-12-30-19(13-14-1-2-14)28-29-21(30)20(18)23(25,26)27/h3-6,9,12,14,17,31H,1-2,7-8,10-11,13H2/t17-,22+. The maximum Gasteiger partial charge on any atom is 0.423 e. The van der Waals surface area contributed by atoms with Crippen LogP contribution >= 0.6 is 0 Å². The summed E-state index contributed by atoms with van der Waals surface area (Å²) in [6.45, 7) is 0. The highest BCUT2D eigenvalue weighted by molar-refractivity contribution is 5.57. The Kier molecular flexibility index (Phi) is 5.11. The molecule has 0 unspecified atom stereocenters. The summed E-state index contributed by atoms with van der Waals surface area (Å²) in [5.41, 5.74) is -1.71. The number of aromatic nitrogens is 3. The van der Waals surface area contributed by atoms with Crippen molar-refractivity contribution in [3.63, 3.8) is 0 Å². The van der Waals surface area contributed by atoms with Gasteiger partial charge >= 0.3 is 6.18 Å². The zero-order chi connectivity index (χ0) is 22.5. The monoisotopic (exact) mass is 449 g/mol. The van der Waals surface area contributed by atoms with Gasteiger partial charge in [0.05, 0.1) is 11.7 Å². The topological polar surface area (TPSA) is 59.7 Å². The molecule has 0 aliphatic heterocycles. The van der Waals surface area contributed by atoms with Gasteiger partial charge in [0, 0.05) is 12.6 Å². The average molecular weight is 449 g/mol. The lowest BCUT2D eigenvalue weighted by atomic mass is 9.78. The molecule has 2 saturated carbocycles. The van der Waals surface area contributed by atoms with Crippen LogP contribution in [-0.4, -0.2) is 25.8 Å². The van der Waals surface area contributed by atoms with Crippen molar-refractivity contribution in [2.45, 2.75) is 62.8 Å². The van der Waals surface area contributed by atoms with Crippen LogP contribution in [0.4, 0.5) is 17.6 Å². The summed E-state index contributed by atoms with van der Waals surface area (Å²) in [5, 5.41) is 18.8. The highest BCUT2D eigenvalue weighted by Gasteiger charge is 2.41. The highest BCUT2D eigenvalue weighted by atomic mass is 19.4. The largest absolute Gasteiger partial charge is 0.490 e. The van der Waals surface area contributed by atoms with Crippen molar-refractivity contribution in [2.24, 2.45) is 5.92 Å². The minimum atomic E-state index is -4.65. The van der Waals surface area contributed by atoms with Crippen LogP contribution < -0.4 is 4.74 Å². The van der Waals surface area contributed by atoms with Crippen LogP contribution in [0.2, 0.25) is 0 Å². The number of fused-ring (bicyclic) bond motifs is 1. The fourth-order valence-corrected chi connectivity index (χ4v) is 4.49. The van der Waals surface area contributed by atoms with E-state index in [4.69, 9.17) is 4.74 Å². The first-order valence-electron chi connectivity index (χ1n) is 10.8. The van der Waals surface area contributed by atoms with E-state index in [0.29, 0.717) is 49.4 Å². The molecule has 1 N–H and O–H groups in total. The van der Waals surface area contributed by atoms with Gasteiger partial charge in [-0.2, -0.15) is 13.2 Å². The molecule has 3 aromatic rings. The normalized spacial score (nSPS) is 24.1. The third-order valence-corrected chi connectivity index (χ3v) is 6.50. The van der Waals surface area contributed by atoms with Crippen LogP contribution in [0.3, 0.4) is 0 Å². The molecule has 32 heavy (non-hydrogen) atoms. The van der Waals surface area contributed by atoms with Crippen molar-refractivity contribution in [3.05, 3.63) is 59.3 Å². The first-order valence-corrected chi connectivity index (χ1v) is 10.8. The van der Waals surface area contributed by atoms with E-state index in [0.717, 1.165) is 12.8 Å². The van der Waals surface area contributed by atoms with E-state index in [1.807, 2.05) is 0 Å². The number of alkyl halides is 3. The second kappa shape index (κ2) is 7.72. The number of rotatable bonds is 5.